The number of hydrogen-bond acceptors (Lipinski definition) is 4. The van der Waals surface area contributed by atoms with Crippen LogP contribution in [0.2, 0.25) is 0 Å². The van der Waals surface area contributed by atoms with Gasteiger partial charge in [-0.15, -0.1) is 0 Å². The lowest BCUT2D eigenvalue weighted by atomic mass is 10.0. The van der Waals surface area contributed by atoms with E-state index in [9.17, 15) is 9.90 Å². The Kier molecular flexibility index (Phi) is 16.3. The summed E-state index contributed by atoms with van der Waals surface area (Å²) in [6.07, 6.45) is 16.5. The van der Waals surface area contributed by atoms with Crippen LogP contribution < -0.4 is 5.90 Å². The van der Waals surface area contributed by atoms with E-state index in [1.165, 1.54) is 57.8 Å². The number of hydrogen-bond donors (Lipinski definition) is 2. The summed E-state index contributed by atoms with van der Waals surface area (Å²) in [5.41, 5.74) is 0. The van der Waals surface area contributed by atoms with E-state index in [-0.39, 0.29) is 12.1 Å². The second kappa shape index (κ2) is 16.8. The van der Waals surface area contributed by atoms with Crippen LogP contribution in [0, 0.1) is 0 Å². The molecular formula is C18H37NO3. The van der Waals surface area contributed by atoms with Crippen LogP contribution in [0.1, 0.15) is 103 Å². The molecule has 0 radical (unpaired) electrons. The van der Waals surface area contributed by atoms with Gasteiger partial charge in [-0.25, -0.2) is 0 Å². The molecule has 0 fully saturated rings. The summed E-state index contributed by atoms with van der Waals surface area (Å²) in [5, 5.41) is 9.87. The first kappa shape index (κ1) is 21.4. The third-order valence-electron chi connectivity index (χ3n) is 4.19. The van der Waals surface area contributed by atoms with Crippen molar-refractivity contribution in [2.75, 3.05) is 0 Å². The van der Waals surface area contributed by atoms with E-state index in [0.29, 0.717) is 6.42 Å². The molecule has 0 spiro atoms. The van der Waals surface area contributed by atoms with Gasteiger partial charge >= 0.3 is 5.97 Å². The molecule has 0 aliphatic carbocycles. The number of aliphatic hydroxyl groups is 1. The molecule has 0 saturated heterocycles. The highest BCUT2D eigenvalue weighted by molar-refractivity contribution is 5.68. The topological polar surface area (TPSA) is 72.5 Å². The first-order valence-electron chi connectivity index (χ1n) is 9.28. The Morgan fingerprint density at radius 1 is 0.864 bits per heavy atom. The summed E-state index contributed by atoms with van der Waals surface area (Å²) in [6.45, 7) is 2.21. The van der Waals surface area contributed by atoms with Gasteiger partial charge in [0.25, 0.3) is 0 Å². The van der Waals surface area contributed by atoms with E-state index in [2.05, 4.69) is 11.8 Å². The molecule has 1 atom stereocenters. The minimum atomic E-state index is -0.312. The van der Waals surface area contributed by atoms with Gasteiger partial charge in [-0.05, 0) is 19.3 Å². The molecule has 0 aliphatic rings. The summed E-state index contributed by atoms with van der Waals surface area (Å²) in [4.78, 5) is 14.9. The fraction of sp³-hybridized carbons (Fsp3) is 0.944. The summed E-state index contributed by atoms with van der Waals surface area (Å²) in [7, 11) is 0. The van der Waals surface area contributed by atoms with Crippen LogP contribution in [-0.4, -0.2) is 17.2 Å². The maximum absolute atomic E-state index is 10.8. The maximum Gasteiger partial charge on any atom is 0.324 e. The minimum Gasteiger partial charge on any atom is -0.393 e. The Morgan fingerprint density at radius 3 is 1.82 bits per heavy atom. The average Bonchev–Trinajstić information content (AvgIpc) is 2.53. The summed E-state index contributed by atoms with van der Waals surface area (Å²) < 4.78 is 0. The van der Waals surface area contributed by atoms with Gasteiger partial charge in [-0.3, -0.25) is 4.79 Å². The highest BCUT2D eigenvalue weighted by Gasteiger charge is 2.03. The minimum absolute atomic E-state index is 0.0841. The Hall–Kier alpha value is -0.610. The van der Waals surface area contributed by atoms with E-state index < -0.39 is 0 Å². The molecule has 4 heteroatoms. The number of aliphatic hydroxyl groups excluding tert-OH is 1. The van der Waals surface area contributed by atoms with E-state index in [1.54, 1.807) is 0 Å². The quantitative estimate of drug-likeness (QED) is 0.321. The van der Waals surface area contributed by atoms with Crippen LogP contribution in [0.25, 0.3) is 0 Å². The zero-order chi connectivity index (χ0) is 16.5. The van der Waals surface area contributed by atoms with Gasteiger partial charge in [0, 0.05) is 6.42 Å². The number of carbonyl (C=O) groups excluding carboxylic acids is 1. The standard InChI is InChI=1S/C18H37NO3/c1-2-3-4-11-14-17(20)15-12-9-7-5-6-8-10-13-16-18(21)22-19/h17,20H,2-16,19H2,1H3. The third kappa shape index (κ3) is 15.8. The van der Waals surface area contributed by atoms with Crippen molar-refractivity contribution >= 4 is 5.97 Å². The van der Waals surface area contributed by atoms with Gasteiger partial charge in [0.1, 0.15) is 0 Å². The van der Waals surface area contributed by atoms with E-state index in [0.717, 1.165) is 32.1 Å². The van der Waals surface area contributed by atoms with Crippen LogP contribution in [0.3, 0.4) is 0 Å². The van der Waals surface area contributed by atoms with Crippen LogP contribution in [-0.2, 0) is 9.63 Å². The zero-order valence-corrected chi connectivity index (χ0v) is 14.5. The van der Waals surface area contributed by atoms with Gasteiger partial charge in [0.05, 0.1) is 6.10 Å². The van der Waals surface area contributed by atoms with Gasteiger partial charge in [0.15, 0.2) is 0 Å². The molecule has 4 nitrogen and oxygen atoms in total. The summed E-state index contributed by atoms with van der Waals surface area (Å²) in [5.74, 6) is 4.46. The fourth-order valence-corrected chi connectivity index (χ4v) is 2.72. The second-order valence-electron chi connectivity index (χ2n) is 6.36. The van der Waals surface area contributed by atoms with Crippen molar-refractivity contribution in [3.8, 4) is 0 Å². The summed E-state index contributed by atoms with van der Waals surface area (Å²) in [6, 6.07) is 0. The maximum atomic E-state index is 10.8. The molecule has 0 aliphatic heterocycles. The summed E-state index contributed by atoms with van der Waals surface area (Å²) >= 11 is 0. The van der Waals surface area contributed by atoms with Crippen molar-refractivity contribution < 1.29 is 14.7 Å². The molecule has 0 heterocycles. The van der Waals surface area contributed by atoms with Crippen LogP contribution in [0.15, 0.2) is 0 Å². The lowest BCUT2D eigenvalue weighted by Gasteiger charge is -2.10. The van der Waals surface area contributed by atoms with Gasteiger partial charge < -0.3 is 9.94 Å². The second-order valence-corrected chi connectivity index (χ2v) is 6.36. The third-order valence-corrected chi connectivity index (χ3v) is 4.19. The van der Waals surface area contributed by atoms with Crippen molar-refractivity contribution in [1.29, 1.82) is 0 Å². The van der Waals surface area contributed by atoms with Crippen molar-refractivity contribution in [3.63, 3.8) is 0 Å². The monoisotopic (exact) mass is 315 g/mol. The Balaban J connectivity index is 3.14. The van der Waals surface area contributed by atoms with Crippen molar-refractivity contribution in [1.82, 2.24) is 0 Å². The molecule has 0 aromatic heterocycles. The van der Waals surface area contributed by atoms with Crippen molar-refractivity contribution in [3.05, 3.63) is 0 Å². The highest BCUT2D eigenvalue weighted by atomic mass is 16.7. The smallest absolute Gasteiger partial charge is 0.324 e. The van der Waals surface area contributed by atoms with Crippen LogP contribution >= 0.6 is 0 Å². The molecule has 0 amide bonds. The molecule has 132 valence electrons. The van der Waals surface area contributed by atoms with E-state index in [4.69, 9.17) is 5.90 Å². The van der Waals surface area contributed by atoms with E-state index >= 15 is 0 Å². The molecule has 3 N–H and O–H groups in total. The fourth-order valence-electron chi connectivity index (χ4n) is 2.72. The average molecular weight is 315 g/mol. The number of unbranched alkanes of at least 4 members (excludes halogenated alkanes) is 10. The SMILES string of the molecule is CCCCCCC(O)CCCCCCCCCCC(=O)ON. The molecule has 0 bridgehead atoms. The Labute approximate surface area is 136 Å². The number of carbonyl (C=O) groups is 1. The molecule has 0 aromatic carbocycles. The normalized spacial score (nSPS) is 12.3. The largest absolute Gasteiger partial charge is 0.393 e. The van der Waals surface area contributed by atoms with E-state index in [1.807, 2.05) is 0 Å². The van der Waals surface area contributed by atoms with Gasteiger partial charge in [0.2, 0.25) is 0 Å². The molecule has 22 heavy (non-hydrogen) atoms. The first-order valence-corrected chi connectivity index (χ1v) is 9.28. The molecule has 0 aromatic rings. The zero-order valence-electron chi connectivity index (χ0n) is 14.5. The van der Waals surface area contributed by atoms with Crippen molar-refractivity contribution in [2.45, 2.75) is 109 Å². The van der Waals surface area contributed by atoms with Crippen molar-refractivity contribution in [2.24, 2.45) is 5.90 Å². The van der Waals surface area contributed by atoms with Crippen LogP contribution in [0.4, 0.5) is 0 Å². The molecular weight excluding hydrogens is 278 g/mol. The predicted molar refractivity (Wildman–Crippen MR) is 91.2 cm³/mol. The predicted octanol–water partition coefficient (Wildman–Crippen LogP) is 4.64. The highest BCUT2D eigenvalue weighted by Crippen LogP contribution is 2.14. The lowest BCUT2D eigenvalue weighted by Crippen LogP contribution is -2.08. The lowest BCUT2D eigenvalue weighted by molar-refractivity contribution is -0.144. The molecule has 1 unspecified atom stereocenters. The number of nitrogens with two attached hydrogens (primary N) is 1. The molecule has 0 saturated carbocycles. The first-order chi connectivity index (χ1) is 10.7. The Morgan fingerprint density at radius 2 is 1.32 bits per heavy atom. The Bertz CT molecular complexity index is 246. The molecule has 0 rings (SSSR count). The number of rotatable bonds is 16. The van der Waals surface area contributed by atoms with Gasteiger partial charge in [-0.2, -0.15) is 5.90 Å². The van der Waals surface area contributed by atoms with Crippen LogP contribution in [0.5, 0.6) is 0 Å². The van der Waals surface area contributed by atoms with Gasteiger partial charge in [-0.1, -0.05) is 77.6 Å².